The molecule has 0 bridgehead atoms. The number of carboxylic acid groups (broad SMARTS) is 1. The van der Waals surface area contributed by atoms with Crippen LogP contribution in [0, 0.1) is 0 Å². The summed E-state index contributed by atoms with van der Waals surface area (Å²) in [7, 11) is 0. The smallest absolute Gasteiger partial charge is 0.364 e. The average molecular weight is 452 g/mol. The number of aliphatic carboxylic acids is 1. The van der Waals surface area contributed by atoms with Crippen LogP contribution in [0.15, 0.2) is 18.2 Å². The molecule has 0 saturated heterocycles. The lowest BCUT2D eigenvalue weighted by molar-refractivity contribution is -0.184. The molecule has 0 aliphatic heterocycles. The Morgan fingerprint density at radius 1 is 1.03 bits per heavy atom. The third-order valence-electron chi connectivity index (χ3n) is 4.68. The van der Waals surface area contributed by atoms with Crippen molar-refractivity contribution in [2.24, 2.45) is 0 Å². The second-order valence-corrected chi connectivity index (χ2v) is 7.66. The molecule has 0 amide bonds. The zero-order valence-corrected chi connectivity index (χ0v) is 19.4. The Bertz CT molecular complexity index is 822. The molecule has 1 aromatic carbocycles. The highest BCUT2D eigenvalue weighted by Crippen LogP contribution is 2.31. The predicted octanol–water partition coefficient (Wildman–Crippen LogP) is 3.37. The fourth-order valence-electron chi connectivity index (χ4n) is 2.99. The first kappa shape index (κ1) is 27.1. The van der Waals surface area contributed by atoms with Crippen LogP contribution < -0.4 is 14.8 Å². The molecule has 0 radical (unpaired) electrons. The van der Waals surface area contributed by atoms with Gasteiger partial charge in [0, 0.05) is 32.7 Å². The second-order valence-electron chi connectivity index (χ2n) is 7.66. The SMILES string of the molecule is CCCCCC(=O)O[C@](Cc1ccc(OC(C)=O)c(OC(C)=O)c1)(NC(C)CC)C(=O)O. The maximum Gasteiger partial charge on any atom is 0.364 e. The van der Waals surface area contributed by atoms with E-state index in [1.807, 2.05) is 13.8 Å². The number of rotatable bonds is 13. The molecule has 178 valence electrons. The van der Waals surface area contributed by atoms with Crippen LogP contribution in [0.2, 0.25) is 0 Å². The number of nitrogens with one attached hydrogen (secondary N) is 1. The highest BCUT2D eigenvalue weighted by molar-refractivity contribution is 5.82. The average Bonchev–Trinajstić information content (AvgIpc) is 2.69. The molecule has 2 atom stereocenters. The molecular weight excluding hydrogens is 418 g/mol. The van der Waals surface area contributed by atoms with E-state index in [0.717, 1.165) is 12.8 Å². The van der Waals surface area contributed by atoms with Gasteiger partial charge in [-0.2, -0.15) is 0 Å². The minimum absolute atomic E-state index is 0.0174. The van der Waals surface area contributed by atoms with Gasteiger partial charge in [-0.1, -0.05) is 32.8 Å². The van der Waals surface area contributed by atoms with E-state index >= 15 is 0 Å². The van der Waals surface area contributed by atoms with E-state index in [-0.39, 0.29) is 30.4 Å². The van der Waals surface area contributed by atoms with Crippen LogP contribution >= 0.6 is 0 Å². The van der Waals surface area contributed by atoms with Gasteiger partial charge in [0.15, 0.2) is 11.5 Å². The molecule has 0 aliphatic rings. The van der Waals surface area contributed by atoms with E-state index in [0.29, 0.717) is 18.4 Å². The van der Waals surface area contributed by atoms with Gasteiger partial charge in [-0.3, -0.25) is 19.7 Å². The van der Waals surface area contributed by atoms with Crippen LogP contribution in [0.3, 0.4) is 0 Å². The van der Waals surface area contributed by atoms with Crippen molar-refractivity contribution >= 4 is 23.9 Å². The molecule has 0 fully saturated rings. The molecular formula is C23H33NO8. The van der Waals surface area contributed by atoms with E-state index in [4.69, 9.17) is 14.2 Å². The fraction of sp³-hybridized carbons (Fsp3) is 0.565. The number of benzene rings is 1. The van der Waals surface area contributed by atoms with Crippen LogP contribution in [-0.4, -0.2) is 40.8 Å². The number of carbonyl (C=O) groups excluding carboxylic acids is 3. The van der Waals surface area contributed by atoms with Crippen molar-refractivity contribution in [3.05, 3.63) is 23.8 Å². The molecule has 0 heterocycles. The monoisotopic (exact) mass is 451 g/mol. The third kappa shape index (κ3) is 8.66. The van der Waals surface area contributed by atoms with Gasteiger partial charge < -0.3 is 19.3 Å². The van der Waals surface area contributed by atoms with Crippen LogP contribution in [0.1, 0.15) is 72.3 Å². The molecule has 9 heteroatoms. The number of unbranched alkanes of at least 4 members (excludes halogenated alkanes) is 2. The highest BCUT2D eigenvalue weighted by Gasteiger charge is 2.44. The molecule has 0 spiro atoms. The van der Waals surface area contributed by atoms with Crippen molar-refractivity contribution in [1.29, 1.82) is 0 Å². The first-order chi connectivity index (χ1) is 15.0. The number of ether oxygens (including phenoxy) is 3. The first-order valence-electron chi connectivity index (χ1n) is 10.8. The summed E-state index contributed by atoms with van der Waals surface area (Å²) < 4.78 is 15.7. The Labute approximate surface area is 188 Å². The third-order valence-corrected chi connectivity index (χ3v) is 4.68. The minimum Gasteiger partial charge on any atom is -0.477 e. The van der Waals surface area contributed by atoms with Crippen molar-refractivity contribution in [2.45, 2.75) is 84.9 Å². The lowest BCUT2D eigenvalue weighted by Crippen LogP contribution is -2.59. The van der Waals surface area contributed by atoms with E-state index in [1.165, 1.54) is 32.0 Å². The summed E-state index contributed by atoms with van der Waals surface area (Å²) in [6.45, 7) is 8.05. The van der Waals surface area contributed by atoms with Gasteiger partial charge in [0.2, 0.25) is 0 Å². The zero-order chi connectivity index (χ0) is 24.3. The topological polar surface area (TPSA) is 128 Å². The van der Waals surface area contributed by atoms with Gasteiger partial charge in [0.05, 0.1) is 0 Å². The first-order valence-corrected chi connectivity index (χ1v) is 10.8. The summed E-state index contributed by atoms with van der Waals surface area (Å²) in [5.41, 5.74) is -1.62. The van der Waals surface area contributed by atoms with Crippen molar-refractivity contribution in [3.63, 3.8) is 0 Å². The van der Waals surface area contributed by atoms with E-state index in [2.05, 4.69) is 5.32 Å². The second kappa shape index (κ2) is 12.8. The summed E-state index contributed by atoms with van der Waals surface area (Å²) in [5.74, 6) is -3.23. The van der Waals surface area contributed by atoms with E-state index in [1.54, 1.807) is 6.92 Å². The normalized spacial score (nSPS) is 13.5. The lowest BCUT2D eigenvalue weighted by atomic mass is 10.00. The maximum atomic E-state index is 12.4. The van der Waals surface area contributed by atoms with Crippen molar-refractivity contribution < 1.29 is 38.5 Å². The Kier molecular flexibility index (Phi) is 10.8. The summed E-state index contributed by atoms with van der Waals surface area (Å²) in [5, 5.41) is 13.0. The van der Waals surface area contributed by atoms with E-state index in [9.17, 15) is 24.3 Å². The largest absolute Gasteiger partial charge is 0.477 e. The predicted molar refractivity (Wildman–Crippen MR) is 116 cm³/mol. The number of esters is 3. The van der Waals surface area contributed by atoms with Gasteiger partial charge in [0.25, 0.3) is 5.72 Å². The molecule has 1 rings (SSSR count). The summed E-state index contributed by atoms with van der Waals surface area (Å²) >= 11 is 0. The van der Waals surface area contributed by atoms with Gasteiger partial charge >= 0.3 is 23.9 Å². The van der Waals surface area contributed by atoms with Gasteiger partial charge in [-0.15, -0.1) is 0 Å². The highest BCUT2D eigenvalue weighted by atomic mass is 16.6. The summed E-state index contributed by atoms with van der Waals surface area (Å²) in [6.07, 6.45) is 2.82. The summed E-state index contributed by atoms with van der Waals surface area (Å²) in [6, 6.07) is 4.04. The van der Waals surface area contributed by atoms with Crippen LogP contribution in [0.5, 0.6) is 11.5 Å². The molecule has 1 aromatic rings. The zero-order valence-electron chi connectivity index (χ0n) is 19.4. The standard InChI is InChI=1S/C23H33NO8/c1-6-8-9-10-21(27)32-23(22(28)29,24-15(3)7-2)14-18-11-12-19(30-16(4)25)20(13-18)31-17(5)26/h11-13,15,24H,6-10,14H2,1-5H3,(H,28,29)/t15?,23-/m0/s1. The summed E-state index contributed by atoms with van der Waals surface area (Å²) in [4.78, 5) is 47.6. The molecule has 9 nitrogen and oxygen atoms in total. The minimum atomic E-state index is -2.02. The molecule has 0 saturated carbocycles. The van der Waals surface area contributed by atoms with Crippen LogP contribution in [0.25, 0.3) is 0 Å². The number of carboxylic acids is 1. The van der Waals surface area contributed by atoms with Gasteiger partial charge in [0.1, 0.15) is 0 Å². The molecule has 2 N–H and O–H groups in total. The van der Waals surface area contributed by atoms with Gasteiger partial charge in [-0.25, -0.2) is 4.79 Å². The number of hydrogen-bond acceptors (Lipinski definition) is 8. The number of carbonyl (C=O) groups is 4. The maximum absolute atomic E-state index is 12.4. The molecule has 0 aromatic heterocycles. The van der Waals surface area contributed by atoms with Crippen molar-refractivity contribution in [3.8, 4) is 11.5 Å². The quantitative estimate of drug-likeness (QED) is 0.201. The molecule has 0 aliphatic carbocycles. The Hall–Kier alpha value is -2.94. The Morgan fingerprint density at radius 3 is 2.19 bits per heavy atom. The number of hydrogen-bond donors (Lipinski definition) is 2. The van der Waals surface area contributed by atoms with Gasteiger partial charge in [-0.05, 0) is 37.5 Å². The van der Waals surface area contributed by atoms with E-state index < -0.39 is 29.6 Å². The fourth-order valence-corrected chi connectivity index (χ4v) is 2.99. The van der Waals surface area contributed by atoms with Crippen LogP contribution in [0.4, 0.5) is 0 Å². The molecule has 1 unspecified atom stereocenters. The van der Waals surface area contributed by atoms with Crippen LogP contribution in [-0.2, 0) is 30.3 Å². The van der Waals surface area contributed by atoms with Crippen molar-refractivity contribution in [1.82, 2.24) is 5.32 Å². The van der Waals surface area contributed by atoms with Crippen molar-refractivity contribution in [2.75, 3.05) is 0 Å². The Balaban J connectivity index is 3.31. The Morgan fingerprint density at radius 2 is 1.66 bits per heavy atom. The lowest BCUT2D eigenvalue weighted by Gasteiger charge is -2.33. The molecule has 32 heavy (non-hydrogen) atoms.